The van der Waals surface area contributed by atoms with Gasteiger partial charge < -0.3 is 9.59 Å². The fraction of sp³-hybridized carbons (Fsp3) is 0.524. The van der Waals surface area contributed by atoms with Gasteiger partial charge in [-0.15, -0.1) is 0 Å². The van der Waals surface area contributed by atoms with E-state index < -0.39 is 0 Å². The van der Waals surface area contributed by atoms with Crippen molar-refractivity contribution < 1.29 is 9.59 Å². The first-order chi connectivity index (χ1) is 10.9. The zero-order valence-corrected chi connectivity index (χ0v) is 15.3. The summed E-state index contributed by atoms with van der Waals surface area (Å²) in [5.74, 6) is 0.784. The molecule has 23 heavy (non-hydrogen) atoms. The molecule has 0 amide bonds. The Morgan fingerprint density at radius 3 is 2.13 bits per heavy atom. The Hall–Kier alpha value is -1.70. The third-order valence-electron chi connectivity index (χ3n) is 3.87. The molecule has 0 aliphatic carbocycles. The summed E-state index contributed by atoms with van der Waals surface area (Å²) in [6, 6.07) is 8.21. The van der Waals surface area contributed by atoms with Crippen LogP contribution in [0, 0.1) is 5.92 Å². The quantitative estimate of drug-likeness (QED) is 0.468. The minimum Gasteiger partial charge on any atom is -0.303 e. The molecule has 0 aliphatic heterocycles. The molecule has 1 aromatic carbocycles. The average Bonchev–Trinajstić information content (AvgIpc) is 2.55. The van der Waals surface area contributed by atoms with Crippen LogP contribution in [0.2, 0.25) is 0 Å². The lowest BCUT2D eigenvalue weighted by Gasteiger charge is -2.04. The molecule has 0 spiro atoms. The molecule has 2 heteroatoms. The van der Waals surface area contributed by atoms with Crippen molar-refractivity contribution in [3.8, 4) is 0 Å². The van der Waals surface area contributed by atoms with E-state index in [0.717, 1.165) is 37.4 Å². The second-order valence-electron chi connectivity index (χ2n) is 6.36. The van der Waals surface area contributed by atoms with Crippen LogP contribution in [0.15, 0.2) is 35.9 Å². The van der Waals surface area contributed by atoms with Crippen LogP contribution in [0.5, 0.6) is 0 Å². The third kappa shape index (κ3) is 10.6. The highest BCUT2D eigenvalue weighted by atomic mass is 16.1. The van der Waals surface area contributed by atoms with Crippen molar-refractivity contribution in [2.45, 2.75) is 66.2 Å². The largest absolute Gasteiger partial charge is 0.303 e. The minimum absolute atomic E-state index is 0.218. The monoisotopic (exact) mass is 316 g/mol. The molecule has 1 atom stereocenters. The first-order valence-electron chi connectivity index (χ1n) is 8.57. The van der Waals surface area contributed by atoms with Gasteiger partial charge in [-0.3, -0.25) is 0 Å². The highest BCUT2D eigenvalue weighted by molar-refractivity contribution is 5.54. The highest BCUT2D eigenvalue weighted by Gasteiger charge is 1.98. The standard InChI is InChI=1S/C11H14O.C10H18O/c1-9(2)11-5-3-10(4-6-11)7-8-12;1-4-9(2)6-5-7-10(3)8-11/h3-6,8-9H,7H2,1-2H3;6,8,10H,4-5,7H2,1-3H3/b;9-6+. The van der Waals surface area contributed by atoms with Gasteiger partial charge in [-0.05, 0) is 43.2 Å². The molecule has 1 aromatic rings. The summed E-state index contributed by atoms with van der Waals surface area (Å²) in [5, 5.41) is 0. The summed E-state index contributed by atoms with van der Waals surface area (Å²) < 4.78 is 0. The number of aldehydes is 2. The van der Waals surface area contributed by atoms with Crippen LogP contribution in [-0.4, -0.2) is 12.6 Å². The molecule has 128 valence electrons. The number of hydrogen-bond acceptors (Lipinski definition) is 2. The molecular weight excluding hydrogens is 284 g/mol. The van der Waals surface area contributed by atoms with E-state index >= 15 is 0 Å². The van der Waals surface area contributed by atoms with Crippen molar-refractivity contribution in [2.75, 3.05) is 0 Å². The van der Waals surface area contributed by atoms with Crippen LogP contribution >= 0.6 is 0 Å². The van der Waals surface area contributed by atoms with Gasteiger partial charge in [0.05, 0.1) is 0 Å². The Balaban J connectivity index is 0.000000423. The molecule has 1 rings (SSSR count). The summed E-state index contributed by atoms with van der Waals surface area (Å²) in [5.41, 5.74) is 3.84. The Morgan fingerprint density at radius 2 is 1.70 bits per heavy atom. The second-order valence-corrected chi connectivity index (χ2v) is 6.36. The molecule has 0 N–H and O–H groups in total. The number of carbonyl (C=O) groups is 2. The minimum atomic E-state index is 0.218. The molecule has 0 radical (unpaired) electrons. The Kier molecular flexibility index (Phi) is 11.9. The van der Waals surface area contributed by atoms with E-state index in [-0.39, 0.29) is 5.92 Å². The average molecular weight is 316 g/mol. The fourth-order valence-corrected chi connectivity index (χ4v) is 1.94. The van der Waals surface area contributed by atoms with Crippen molar-refractivity contribution in [1.82, 2.24) is 0 Å². The molecule has 0 fully saturated rings. The van der Waals surface area contributed by atoms with Crippen molar-refractivity contribution in [3.05, 3.63) is 47.0 Å². The number of allylic oxidation sites excluding steroid dienone is 2. The Morgan fingerprint density at radius 1 is 1.09 bits per heavy atom. The second kappa shape index (κ2) is 12.8. The van der Waals surface area contributed by atoms with Crippen molar-refractivity contribution >= 4 is 12.6 Å². The summed E-state index contributed by atoms with van der Waals surface area (Å²) in [6.45, 7) is 10.6. The Bertz CT molecular complexity index is 469. The smallest absolute Gasteiger partial charge is 0.124 e. The molecule has 0 aliphatic rings. The molecule has 0 aromatic heterocycles. The van der Waals surface area contributed by atoms with Crippen molar-refractivity contribution in [2.24, 2.45) is 5.92 Å². The number of hydrogen-bond donors (Lipinski definition) is 0. The molecule has 1 unspecified atom stereocenters. The Labute approximate surface area is 142 Å². The van der Waals surface area contributed by atoms with E-state index in [9.17, 15) is 9.59 Å². The van der Waals surface area contributed by atoms with E-state index in [1.165, 1.54) is 11.1 Å². The van der Waals surface area contributed by atoms with Crippen LogP contribution in [0.4, 0.5) is 0 Å². The van der Waals surface area contributed by atoms with Gasteiger partial charge >= 0.3 is 0 Å². The zero-order chi connectivity index (χ0) is 17.7. The van der Waals surface area contributed by atoms with Gasteiger partial charge in [0.1, 0.15) is 12.6 Å². The number of benzene rings is 1. The van der Waals surface area contributed by atoms with Crippen LogP contribution in [-0.2, 0) is 16.0 Å². The van der Waals surface area contributed by atoms with Crippen LogP contribution in [0.3, 0.4) is 0 Å². The van der Waals surface area contributed by atoms with Crippen molar-refractivity contribution in [3.63, 3.8) is 0 Å². The number of rotatable bonds is 8. The van der Waals surface area contributed by atoms with Crippen molar-refractivity contribution in [1.29, 1.82) is 0 Å². The summed E-state index contributed by atoms with van der Waals surface area (Å²) in [7, 11) is 0. The first kappa shape index (κ1) is 21.3. The van der Waals surface area contributed by atoms with Gasteiger partial charge in [0.15, 0.2) is 0 Å². The first-order valence-corrected chi connectivity index (χ1v) is 8.57. The van der Waals surface area contributed by atoms with Gasteiger partial charge in [0.25, 0.3) is 0 Å². The van der Waals surface area contributed by atoms with Gasteiger partial charge in [-0.2, -0.15) is 0 Å². The van der Waals surface area contributed by atoms with Gasteiger partial charge in [-0.25, -0.2) is 0 Å². The van der Waals surface area contributed by atoms with E-state index in [1.54, 1.807) is 0 Å². The number of carbonyl (C=O) groups excluding carboxylic acids is 2. The molecule has 0 heterocycles. The third-order valence-corrected chi connectivity index (χ3v) is 3.87. The van der Waals surface area contributed by atoms with Gasteiger partial charge in [-0.1, -0.05) is 63.6 Å². The van der Waals surface area contributed by atoms with E-state index in [2.05, 4.69) is 45.9 Å². The maximum Gasteiger partial charge on any atom is 0.124 e. The SMILES string of the molecule is CC(C)c1ccc(CC=O)cc1.CC/C(C)=C/CCC(C)C=O. The van der Waals surface area contributed by atoms with E-state index in [1.807, 2.05) is 19.1 Å². The van der Waals surface area contributed by atoms with Crippen LogP contribution < -0.4 is 0 Å². The topological polar surface area (TPSA) is 34.1 Å². The fourth-order valence-electron chi connectivity index (χ4n) is 1.94. The predicted octanol–water partition coefficient (Wildman–Crippen LogP) is 5.51. The molecule has 0 saturated carbocycles. The van der Waals surface area contributed by atoms with Crippen LogP contribution in [0.25, 0.3) is 0 Å². The van der Waals surface area contributed by atoms with E-state index in [0.29, 0.717) is 12.3 Å². The zero-order valence-electron chi connectivity index (χ0n) is 15.3. The van der Waals surface area contributed by atoms with E-state index in [4.69, 9.17) is 0 Å². The lowest BCUT2D eigenvalue weighted by molar-refractivity contribution is -0.110. The maximum atomic E-state index is 10.2. The molecule has 0 saturated heterocycles. The van der Waals surface area contributed by atoms with Gasteiger partial charge in [0, 0.05) is 12.3 Å². The maximum absolute atomic E-state index is 10.2. The predicted molar refractivity (Wildman–Crippen MR) is 98.8 cm³/mol. The van der Waals surface area contributed by atoms with Gasteiger partial charge in [0.2, 0.25) is 0 Å². The lowest BCUT2D eigenvalue weighted by atomic mass is 10.0. The lowest BCUT2D eigenvalue weighted by Crippen LogP contribution is -1.93. The highest BCUT2D eigenvalue weighted by Crippen LogP contribution is 2.14. The normalized spacial score (nSPS) is 12.3. The molecule has 2 nitrogen and oxygen atoms in total. The summed E-state index contributed by atoms with van der Waals surface area (Å²) in [6.07, 6.45) is 7.85. The summed E-state index contributed by atoms with van der Waals surface area (Å²) in [4.78, 5) is 20.4. The molecule has 0 bridgehead atoms. The summed E-state index contributed by atoms with van der Waals surface area (Å²) >= 11 is 0. The molecular formula is C21H32O2. The van der Waals surface area contributed by atoms with Crippen LogP contribution in [0.1, 0.15) is 70.9 Å².